The van der Waals surface area contributed by atoms with Crippen LogP contribution in [0.1, 0.15) is 12.5 Å². The Bertz CT molecular complexity index is 1320. The van der Waals surface area contributed by atoms with Crippen LogP contribution in [-0.2, 0) is 4.79 Å². The highest BCUT2D eigenvalue weighted by molar-refractivity contribution is 8.18. The summed E-state index contributed by atoms with van der Waals surface area (Å²) in [6.07, 6.45) is 1.98. The maximum absolute atomic E-state index is 13.2. The number of carbonyl (C=O) groups excluding carboxylic acids is 1. The maximum atomic E-state index is 13.2. The van der Waals surface area contributed by atoms with Crippen LogP contribution in [0.3, 0.4) is 0 Å². The zero-order valence-electron chi connectivity index (χ0n) is 16.9. The quantitative estimate of drug-likeness (QED) is 0.268. The number of benzene rings is 4. The molecule has 0 saturated carbocycles. The number of carbonyl (C=O) groups is 1. The van der Waals surface area contributed by atoms with Crippen LogP contribution in [0, 0.1) is 5.82 Å². The molecule has 152 valence electrons. The molecule has 4 aromatic carbocycles. The number of aliphatic imine (C=N–C) groups is 1. The Kier molecular flexibility index (Phi) is 5.04. The number of amides is 1. The lowest BCUT2D eigenvalue weighted by Gasteiger charge is -2.12. The summed E-state index contributed by atoms with van der Waals surface area (Å²) < 4.78 is 13.2. The topological polar surface area (TPSA) is 32.7 Å². The van der Waals surface area contributed by atoms with Gasteiger partial charge in [-0.1, -0.05) is 48.5 Å². The predicted octanol–water partition coefficient (Wildman–Crippen LogP) is 6.76. The van der Waals surface area contributed by atoms with Crippen molar-refractivity contribution >= 4 is 56.1 Å². The average molecular weight is 427 g/mol. The standard InChI is InChI=1S/C26H19FN2OS/c1-2-29-25(30)24(31-26(29)28-20-13-11-19(27)12-14-20)16-23-21-9-5-3-7-17(21)15-18-8-4-6-10-22(18)23/h3-16H,2H2,1H3/b24-16+,28-26?. The van der Waals surface area contributed by atoms with Crippen LogP contribution in [0.5, 0.6) is 0 Å². The Hall–Kier alpha value is -3.44. The lowest BCUT2D eigenvalue weighted by Crippen LogP contribution is -2.28. The number of amidine groups is 1. The van der Waals surface area contributed by atoms with Gasteiger partial charge in [0.2, 0.25) is 0 Å². The van der Waals surface area contributed by atoms with E-state index in [1.54, 1.807) is 17.0 Å². The van der Waals surface area contributed by atoms with E-state index in [0.29, 0.717) is 22.3 Å². The third kappa shape index (κ3) is 3.62. The molecular weight excluding hydrogens is 407 g/mol. The van der Waals surface area contributed by atoms with Crippen molar-refractivity contribution in [1.29, 1.82) is 0 Å². The van der Waals surface area contributed by atoms with Gasteiger partial charge in [-0.25, -0.2) is 9.38 Å². The van der Waals surface area contributed by atoms with Crippen LogP contribution >= 0.6 is 11.8 Å². The van der Waals surface area contributed by atoms with Crippen molar-refractivity contribution in [3.05, 3.63) is 95.1 Å². The predicted molar refractivity (Wildman–Crippen MR) is 128 cm³/mol. The normalized spacial score (nSPS) is 16.8. The summed E-state index contributed by atoms with van der Waals surface area (Å²) in [7, 11) is 0. The van der Waals surface area contributed by atoms with Crippen molar-refractivity contribution in [3.8, 4) is 0 Å². The molecule has 0 aliphatic carbocycles. The molecule has 1 aliphatic rings. The summed E-state index contributed by atoms with van der Waals surface area (Å²) in [5.41, 5.74) is 1.65. The van der Waals surface area contributed by atoms with Gasteiger partial charge in [-0.3, -0.25) is 9.69 Å². The molecule has 0 atom stereocenters. The molecule has 0 spiro atoms. The molecule has 5 rings (SSSR count). The highest BCUT2D eigenvalue weighted by Gasteiger charge is 2.32. The van der Waals surface area contributed by atoms with E-state index in [2.05, 4.69) is 35.3 Å². The number of thioether (sulfide) groups is 1. The molecule has 31 heavy (non-hydrogen) atoms. The average Bonchev–Trinajstić information content (AvgIpc) is 3.09. The van der Waals surface area contributed by atoms with E-state index in [4.69, 9.17) is 0 Å². The first-order valence-electron chi connectivity index (χ1n) is 10.1. The summed E-state index contributed by atoms with van der Waals surface area (Å²) in [6.45, 7) is 2.44. The number of hydrogen-bond donors (Lipinski definition) is 0. The van der Waals surface area contributed by atoms with E-state index >= 15 is 0 Å². The second-order valence-electron chi connectivity index (χ2n) is 7.26. The molecule has 1 saturated heterocycles. The van der Waals surface area contributed by atoms with E-state index in [1.807, 2.05) is 37.3 Å². The number of hydrogen-bond acceptors (Lipinski definition) is 3. The molecule has 1 aliphatic heterocycles. The van der Waals surface area contributed by atoms with Crippen molar-refractivity contribution in [3.63, 3.8) is 0 Å². The van der Waals surface area contributed by atoms with Crippen LogP contribution in [0.4, 0.5) is 10.1 Å². The lowest BCUT2D eigenvalue weighted by atomic mass is 9.96. The molecule has 1 fully saturated rings. The Morgan fingerprint density at radius 3 is 2.16 bits per heavy atom. The number of likely N-dealkylation sites (N-methyl/N-ethyl adjacent to an activating group) is 1. The Balaban J connectivity index is 1.64. The lowest BCUT2D eigenvalue weighted by molar-refractivity contribution is -0.122. The molecule has 1 amide bonds. The summed E-state index contributed by atoms with van der Waals surface area (Å²) in [5.74, 6) is -0.375. The number of halogens is 1. The SMILES string of the molecule is CCN1C(=O)/C(=C\c2c3ccccc3cc3ccccc23)SC1=Nc1ccc(F)cc1. The second kappa shape index (κ2) is 8.00. The largest absolute Gasteiger partial charge is 0.287 e. The highest BCUT2D eigenvalue weighted by Crippen LogP contribution is 2.37. The molecule has 0 unspecified atom stereocenters. The van der Waals surface area contributed by atoms with Crippen LogP contribution in [-0.4, -0.2) is 22.5 Å². The fraction of sp³-hybridized carbons (Fsp3) is 0.0769. The summed E-state index contributed by atoms with van der Waals surface area (Å²) in [4.78, 5) is 20.0. The maximum Gasteiger partial charge on any atom is 0.266 e. The highest BCUT2D eigenvalue weighted by atomic mass is 32.2. The van der Waals surface area contributed by atoms with Gasteiger partial charge in [0.25, 0.3) is 5.91 Å². The molecule has 4 aromatic rings. The molecule has 1 heterocycles. The Labute approximate surface area is 183 Å². The second-order valence-corrected chi connectivity index (χ2v) is 8.27. The van der Waals surface area contributed by atoms with Gasteiger partial charge >= 0.3 is 0 Å². The first-order chi connectivity index (χ1) is 15.1. The molecule has 0 N–H and O–H groups in total. The molecule has 5 heteroatoms. The monoisotopic (exact) mass is 426 g/mol. The van der Waals surface area contributed by atoms with E-state index in [1.165, 1.54) is 23.9 Å². The van der Waals surface area contributed by atoms with Crippen LogP contribution < -0.4 is 0 Å². The van der Waals surface area contributed by atoms with Crippen molar-refractivity contribution < 1.29 is 9.18 Å². The van der Waals surface area contributed by atoms with Crippen LogP contribution in [0.2, 0.25) is 0 Å². The van der Waals surface area contributed by atoms with Gasteiger partial charge < -0.3 is 0 Å². The zero-order chi connectivity index (χ0) is 21.4. The number of fused-ring (bicyclic) bond motifs is 2. The molecule has 0 aromatic heterocycles. The summed E-state index contributed by atoms with van der Waals surface area (Å²) in [6, 6.07) is 24.6. The Morgan fingerprint density at radius 2 is 1.55 bits per heavy atom. The van der Waals surface area contributed by atoms with Gasteiger partial charge in [0.1, 0.15) is 5.82 Å². The minimum atomic E-state index is -0.310. The third-order valence-electron chi connectivity index (χ3n) is 5.34. The first kappa shape index (κ1) is 19.5. The number of nitrogens with zero attached hydrogens (tertiary/aromatic N) is 2. The van der Waals surface area contributed by atoms with Gasteiger partial charge in [-0.05, 0) is 82.2 Å². The zero-order valence-corrected chi connectivity index (χ0v) is 17.7. The molecule has 0 radical (unpaired) electrons. The van der Waals surface area contributed by atoms with Crippen molar-refractivity contribution in [2.75, 3.05) is 6.54 Å². The third-order valence-corrected chi connectivity index (χ3v) is 6.35. The number of rotatable bonds is 3. The smallest absolute Gasteiger partial charge is 0.266 e. The van der Waals surface area contributed by atoms with Crippen LogP contribution in [0.15, 0.2) is 88.8 Å². The molecule has 3 nitrogen and oxygen atoms in total. The minimum Gasteiger partial charge on any atom is -0.287 e. The fourth-order valence-electron chi connectivity index (χ4n) is 3.83. The van der Waals surface area contributed by atoms with Gasteiger partial charge in [0, 0.05) is 6.54 Å². The van der Waals surface area contributed by atoms with Gasteiger partial charge in [0.15, 0.2) is 5.17 Å². The van der Waals surface area contributed by atoms with E-state index in [9.17, 15) is 9.18 Å². The molecular formula is C26H19FN2OS. The van der Waals surface area contributed by atoms with Gasteiger partial charge in [-0.15, -0.1) is 0 Å². The van der Waals surface area contributed by atoms with E-state index < -0.39 is 0 Å². The minimum absolute atomic E-state index is 0.0645. The van der Waals surface area contributed by atoms with Gasteiger partial charge in [-0.2, -0.15) is 0 Å². The van der Waals surface area contributed by atoms with E-state index in [-0.39, 0.29) is 11.7 Å². The summed E-state index contributed by atoms with van der Waals surface area (Å²) in [5, 5.41) is 5.09. The van der Waals surface area contributed by atoms with Crippen LogP contribution in [0.25, 0.3) is 27.6 Å². The molecule has 0 bridgehead atoms. The van der Waals surface area contributed by atoms with Crippen molar-refractivity contribution in [1.82, 2.24) is 4.90 Å². The van der Waals surface area contributed by atoms with Gasteiger partial charge in [0.05, 0.1) is 10.6 Å². The van der Waals surface area contributed by atoms with Crippen molar-refractivity contribution in [2.24, 2.45) is 4.99 Å². The fourth-order valence-corrected chi connectivity index (χ4v) is 4.88. The van der Waals surface area contributed by atoms with Crippen molar-refractivity contribution in [2.45, 2.75) is 6.92 Å². The summed E-state index contributed by atoms with van der Waals surface area (Å²) >= 11 is 1.36. The first-order valence-corrected chi connectivity index (χ1v) is 10.9. The Morgan fingerprint density at radius 1 is 0.935 bits per heavy atom. The van der Waals surface area contributed by atoms with E-state index in [0.717, 1.165) is 27.1 Å².